The standard InChI is InChI=1S/C11H11N3O3S2/c1-18-7-2-3-9(14(16)17)8(6-7)10(15)13-11-12-4-5-19-11/h2-3,6H,4-5H2,1H3,(H,12,13,15). The van der Waals surface area contributed by atoms with Crippen LogP contribution in [-0.4, -0.2) is 34.6 Å². The Labute approximate surface area is 118 Å². The molecule has 6 nitrogen and oxygen atoms in total. The molecule has 8 heteroatoms. The Morgan fingerprint density at radius 3 is 2.95 bits per heavy atom. The van der Waals surface area contributed by atoms with Crippen LogP contribution in [0.2, 0.25) is 0 Å². The molecule has 0 radical (unpaired) electrons. The van der Waals surface area contributed by atoms with E-state index < -0.39 is 10.8 Å². The van der Waals surface area contributed by atoms with Gasteiger partial charge in [-0.3, -0.25) is 19.9 Å². The number of rotatable bonds is 3. The third kappa shape index (κ3) is 3.27. The van der Waals surface area contributed by atoms with E-state index in [9.17, 15) is 14.9 Å². The molecule has 1 aromatic carbocycles. The van der Waals surface area contributed by atoms with Crippen molar-refractivity contribution in [3.63, 3.8) is 0 Å². The molecule has 0 saturated carbocycles. The van der Waals surface area contributed by atoms with E-state index in [0.717, 1.165) is 10.6 Å². The molecule has 1 aliphatic heterocycles. The predicted molar refractivity (Wildman–Crippen MR) is 77.1 cm³/mol. The van der Waals surface area contributed by atoms with Gasteiger partial charge in [0.05, 0.1) is 11.5 Å². The Morgan fingerprint density at radius 2 is 2.37 bits per heavy atom. The maximum Gasteiger partial charge on any atom is 0.282 e. The zero-order chi connectivity index (χ0) is 13.8. The second-order valence-corrected chi connectivity index (χ2v) is 5.59. The van der Waals surface area contributed by atoms with E-state index in [1.54, 1.807) is 6.07 Å². The lowest BCUT2D eigenvalue weighted by Gasteiger charge is -2.06. The second-order valence-electron chi connectivity index (χ2n) is 3.63. The van der Waals surface area contributed by atoms with Gasteiger partial charge in [0.2, 0.25) is 0 Å². The minimum Gasteiger partial charge on any atom is -0.301 e. The van der Waals surface area contributed by atoms with Crippen LogP contribution in [0, 0.1) is 10.1 Å². The number of carbonyl (C=O) groups is 1. The van der Waals surface area contributed by atoms with Gasteiger partial charge in [-0.15, -0.1) is 11.8 Å². The van der Waals surface area contributed by atoms with E-state index in [2.05, 4.69) is 10.3 Å². The van der Waals surface area contributed by atoms with Crippen LogP contribution in [0.15, 0.2) is 28.1 Å². The first-order chi connectivity index (χ1) is 9.11. The maximum atomic E-state index is 12.1. The van der Waals surface area contributed by atoms with Crippen molar-refractivity contribution in [2.45, 2.75) is 4.90 Å². The first kappa shape index (κ1) is 13.9. The summed E-state index contributed by atoms with van der Waals surface area (Å²) in [6, 6.07) is 4.50. The monoisotopic (exact) mass is 297 g/mol. The fourth-order valence-electron chi connectivity index (χ4n) is 1.56. The number of nitro groups is 1. The fraction of sp³-hybridized carbons (Fsp3) is 0.273. The number of aliphatic imine (C=N–C) groups is 1. The Hall–Kier alpha value is -1.54. The Balaban J connectivity index is 2.29. The van der Waals surface area contributed by atoms with E-state index in [1.165, 1.54) is 35.7 Å². The Kier molecular flexibility index (Phi) is 4.43. The maximum absolute atomic E-state index is 12.1. The van der Waals surface area contributed by atoms with Gasteiger partial charge in [-0.25, -0.2) is 0 Å². The van der Waals surface area contributed by atoms with Crippen molar-refractivity contribution in [2.24, 2.45) is 4.99 Å². The number of thioether (sulfide) groups is 2. The largest absolute Gasteiger partial charge is 0.301 e. The van der Waals surface area contributed by atoms with Crippen LogP contribution in [0.3, 0.4) is 0 Å². The number of hydrogen-bond acceptors (Lipinski definition) is 6. The quantitative estimate of drug-likeness (QED) is 0.525. The number of amides is 1. The van der Waals surface area contributed by atoms with Gasteiger partial charge in [-0.2, -0.15) is 0 Å². The van der Waals surface area contributed by atoms with Crippen molar-refractivity contribution in [1.29, 1.82) is 0 Å². The third-order valence-corrected chi connectivity index (χ3v) is 4.07. The number of nitrogens with zero attached hydrogens (tertiary/aromatic N) is 2. The van der Waals surface area contributed by atoms with Crippen molar-refractivity contribution in [3.8, 4) is 0 Å². The molecular formula is C11H11N3O3S2. The smallest absolute Gasteiger partial charge is 0.282 e. The van der Waals surface area contributed by atoms with Crippen LogP contribution in [-0.2, 0) is 0 Å². The molecule has 1 amide bonds. The van der Waals surface area contributed by atoms with Crippen molar-refractivity contribution < 1.29 is 9.72 Å². The van der Waals surface area contributed by atoms with E-state index in [4.69, 9.17) is 0 Å². The molecule has 19 heavy (non-hydrogen) atoms. The van der Waals surface area contributed by atoms with Gasteiger partial charge in [0.1, 0.15) is 5.56 Å². The molecule has 1 N–H and O–H groups in total. The van der Waals surface area contributed by atoms with Crippen LogP contribution in [0.5, 0.6) is 0 Å². The SMILES string of the molecule is CSc1ccc([N+](=O)[O-])c(C(=O)NC2=NCCS2)c1. The number of hydrogen-bond donors (Lipinski definition) is 1. The zero-order valence-electron chi connectivity index (χ0n) is 10.1. The molecule has 1 aromatic rings. The number of nitrogens with one attached hydrogen (secondary N) is 1. The lowest BCUT2D eigenvalue weighted by Crippen LogP contribution is -2.28. The molecule has 0 saturated heterocycles. The second kappa shape index (κ2) is 6.07. The average Bonchev–Trinajstić information content (AvgIpc) is 2.90. The molecule has 2 rings (SSSR count). The number of carbonyl (C=O) groups excluding carboxylic acids is 1. The van der Waals surface area contributed by atoms with E-state index in [1.807, 2.05) is 6.26 Å². The first-order valence-electron chi connectivity index (χ1n) is 5.43. The molecule has 0 bridgehead atoms. The van der Waals surface area contributed by atoms with E-state index in [-0.39, 0.29) is 11.3 Å². The van der Waals surface area contributed by atoms with Gasteiger partial charge in [0.15, 0.2) is 5.17 Å². The van der Waals surface area contributed by atoms with Crippen LogP contribution in [0.4, 0.5) is 5.69 Å². The summed E-state index contributed by atoms with van der Waals surface area (Å²) >= 11 is 2.86. The van der Waals surface area contributed by atoms with Crippen molar-refractivity contribution in [3.05, 3.63) is 33.9 Å². The van der Waals surface area contributed by atoms with Gasteiger partial charge in [-0.1, -0.05) is 11.8 Å². The van der Waals surface area contributed by atoms with Crippen LogP contribution in [0.1, 0.15) is 10.4 Å². The highest BCUT2D eigenvalue weighted by atomic mass is 32.2. The summed E-state index contributed by atoms with van der Waals surface area (Å²) in [7, 11) is 0. The summed E-state index contributed by atoms with van der Waals surface area (Å²) in [6.07, 6.45) is 1.85. The van der Waals surface area contributed by atoms with Crippen LogP contribution >= 0.6 is 23.5 Å². The molecule has 0 fully saturated rings. The lowest BCUT2D eigenvalue weighted by atomic mass is 10.1. The third-order valence-electron chi connectivity index (χ3n) is 2.45. The molecule has 0 spiro atoms. The van der Waals surface area contributed by atoms with Gasteiger partial charge in [0, 0.05) is 16.7 Å². The van der Waals surface area contributed by atoms with Gasteiger partial charge in [0.25, 0.3) is 11.6 Å². The number of amidine groups is 1. The highest BCUT2D eigenvalue weighted by Gasteiger charge is 2.22. The predicted octanol–water partition coefficient (Wildman–Crippen LogP) is 2.15. The molecule has 0 unspecified atom stereocenters. The minimum atomic E-state index is -0.553. The van der Waals surface area contributed by atoms with Gasteiger partial charge < -0.3 is 5.32 Å². The normalized spacial score (nSPS) is 14.1. The molecular weight excluding hydrogens is 286 g/mol. The molecule has 100 valence electrons. The molecule has 0 atom stereocenters. The summed E-state index contributed by atoms with van der Waals surface area (Å²) in [4.78, 5) is 27.4. The lowest BCUT2D eigenvalue weighted by molar-refractivity contribution is -0.385. The van der Waals surface area contributed by atoms with Gasteiger partial charge >= 0.3 is 0 Å². The minimum absolute atomic E-state index is 0.0621. The zero-order valence-corrected chi connectivity index (χ0v) is 11.7. The molecule has 0 aliphatic carbocycles. The average molecular weight is 297 g/mol. The molecule has 1 heterocycles. The van der Waals surface area contributed by atoms with Gasteiger partial charge in [-0.05, 0) is 18.4 Å². The summed E-state index contributed by atoms with van der Waals surface area (Å²) < 4.78 is 0. The van der Waals surface area contributed by atoms with Crippen molar-refractivity contribution >= 4 is 40.3 Å². The summed E-state index contributed by atoms with van der Waals surface area (Å²) in [5.74, 6) is 0.332. The molecule has 0 aromatic heterocycles. The van der Waals surface area contributed by atoms with E-state index in [0.29, 0.717) is 11.7 Å². The fourth-order valence-corrected chi connectivity index (χ4v) is 2.72. The summed E-state index contributed by atoms with van der Waals surface area (Å²) in [5.41, 5.74) is -0.133. The Morgan fingerprint density at radius 1 is 1.58 bits per heavy atom. The number of nitro benzene ring substituents is 1. The highest BCUT2D eigenvalue weighted by molar-refractivity contribution is 8.14. The molecule has 1 aliphatic rings. The Bertz CT molecular complexity index is 560. The highest BCUT2D eigenvalue weighted by Crippen LogP contribution is 2.25. The van der Waals surface area contributed by atoms with Crippen molar-refractivity contribution in [2.75, 3.05) is 18.6 Å². The summed E-state index contributed by atoms with van der Waals surface area (Å²) in [5, 5.41) is 14.1. The van der Waals surface area contributed by atoms with Crippen LogP contribution < -0.4 is 5.32 Å². The summed E-state index contributed by atoms with van der Waals surface area (Å²) in [6.45, 7) is 0.660. The van der Waals surface area contributed by atoms with Crippen LogP contribution in [0.25, 0.3) is 0 Å². The van der Waals surface area contributed by atoms with Crippen molar-refractivity contribution in [1.82, 2.24) is 5.32 Å². The van der Waals surface area contributed by atoms with E-state index >= 15 is 0 Å². The number of benzene rings is 1. The topological polar surface area (TPSA) is 84.6 Å². The first-order valence-corrected chi connectivity index (χ1v) is 7.64.